The Labute approximate surface area is 139 Å². The molecule has 1 heterocycles. The van der Waals surface area contributed by atoms with Crippen molar-refractivity contribution in [2.45, 2.75) is 44.2 Å². The molecule has 1 saturated carbocycles. The third-order valence-electron chi connectivity index (χ3n) is 5.05. The second-order valence-corrected chi connectivity index (χ2v) is 9.47. The summed E-state index contributed by atoms with van der Waals surface area (Å²) >= 11 is 0. The highest BCUT2D eigenvalue weighted by atomic mass is 31.2. The first-order chi connectivity index (χ1) is 11.1. The van der Waals surface area contributed by atoms with Crippen molar-refractivity contribution in [1.82, 2.24) is 5.32 Å². The molecule has 0 spiro atoms. The zero-order chi connectivity index (χ0) is 16.1. The summed E-state index contributed by atoms with van der Waals surface area (Å²) in [6.45, 7) is 1.22. The van der Waals surface area contributed by atoms with Gasteiger partial charge in [-0.25, -0.2) is 0 Å². The van der Waals surface area contributed by atoms with Crippen LogP contribution in [0.5, 0.6) is 0 Å². The number of nitrogens with one attached hydrogen (secondary N) is 1. The van der Waals surface area contributed by atoms with Crippen LogP contribution in [0.2, 0.25) is 0 Å². The number of rotatable bonds is 5. The van der Waals surface area contributed by atoms with Gasteiger partial charge in [-0.2, -0.15) is 0 Å². The molecule has 23 heavy (non-hydrogen) atoms. The van der Waals surface area contributed by atoms with Gasteiger partial charge in [0.15, 0.2) is 0 Å². The second-order valence-electron chi connectivity index (χ2n) is 7.04. The van der Waals surface area contributed by atoms with Crippen LogP contribution in [-0.2, 0) is 9.30 Å². The van der Waals surface area contributed by atoms with Crippen molar-refractivity contribution >= 4 is 7.37 Å². The van der Waals surface area contributed by atoms with Gasteiger partial charge in [-0.05, 0) is 24.3 Å². The molecule has 2 N–H and O–H groups in total. The van der Waals surface area contributed by atoms with E-state index in [9.17, 15) is 9.46 Å². The fourth-order valence-corrected chi connectivity index (χ4v) is 6.00. The molecular formula is C18H28NO3P. The lowest BCUT2D eigenvalue weighted by Crippen LogP contribution is -2.43. The van der Waals surface area contributed by atoms with E-state index in [-0.39, 0.29) is 18.3 Å². The summed E-state index contributed by atoms with van der Waals surface area (Å²) in [5.74, 6) is 0.438. The summed E-state index contributed by atoms with van der Waals surface area (Å²) in [6.07, 6.45) is 6.56. The Bertz CT molecular complexity index is 522. The predicted molar refractivity (Wildman–Crippen MR) is 93.1 cm³/mol. The molecule has 0 bridgehead atoms. The van der Waals surface area contributed by atoms with Crippen LogP contribution in [0.25, 0.3) is 0 Å². The highest BCUT2D eigenvalue weighted by Gasteiger charge is 2.31. The fraction of sp³-hybridized carbons (Fsp3) is 0.667. The molecule has 1 aliphatic heterocycles. The largest absolute Gasteiger partial charge is 0.374 e. The molecule has 4 nitrogen and oxygen atoms in total. The molecular weight excluding hydrogens is 309 g/mol. The van der Waals surface area contributed by atoms with Crippen LogP contribution in [0.1, 0.15) is 43.7 Å². The van der Waals surface area contributed by atoms with Crippen molar-refractivity contribution in [1.29, 1.82) is 0 Å². The number of hydrogen-bond donors (Lipinski definition) is 2. The number of hydrogen-bond acceptors (Lipinski definition) is 3. The van der Waals surface area contributed by atoms with Crippen LogP contribution in [0.15, 0.2) is 30.3 Å². The van der Waals surface area contributed by atoms with Crippen molar-refractivity contribution in [3.8, 4) is 0 Å². The van der Waals surface area contributed by atoms with Crippen molar-refractivity contribution in [3.63, 3.8) is 0 Å². The average molecular weight is 337 g/mol. The maximum absolute atomic E-state index is 12.5. The summed E-state index contributed by atoms with van der Waals surface area (Å²) in [5.41, 5.74) is 1.21. The Hall–Kier alpha value is -0.670. The summed E-state index contributed by atoms with van der Waals surface area (Å²) < 4.78 is 18.4. The van der Waals surface area contributed by atoms with E-state index < -0.39 is 7.37 Å². The average Bonchev–Trinajstić information content (AvgIpc) is 2.56. The topological polar surface area (TPSA) is 58.6 Å². The Kier molecular flexibility index (Phi) is 5.92. The molecule has 5 heteroatoms. The van der Waals surface area contributed by atoms with Crippen molar-refractivity contribution < 1.29 is 14.2 Å². The quantitative estimate of drug-likeness (QED) is 0.807. The number of benzene rings is 1. The van der Waals surface area contributed by atoms with E-state index in [0.29, 0.717) is 25.2 Å². The van der Waals surface area contributed by atoms with Gasteiger partial charge in [0.25, 0.3) is 0 Å². The Morgan fingerprint density at radius 2 is 1.87 bits per heavy atom. The predicted octanol–water partition coefficient (Wildman–Crippen LogP) is 3.57. The number of ether oxygens (including phenoxy) is 1. The van der Waals surface area contributed by atoms with Crippen molar-refractivity contribution in [2.24, 2.45) is 5.92 Å². The minimum Gasteiger partial charge on any atom is -0.374 e. The molecule has 2 aliphatic rings. The van der Waals surface area contributed by atoms with Crippen LogP contribution < -0.4 is 5.32 Å². The highest BCUT2D eigenvalue weighted by molar-refractivity contribution is 7.58. The van der Waals surface area contributed by atoms with Crippen LogP contribution in [-0.4, -0.2) is 36.5 Å². The van der Waals surface area contributed by atoms with E-state index in [1.807, 2.05) is 18.2 Å². The first-order valence-corrected chi connectivity index (χ1v) is 10.9. The fourth-order valence-electron chi connectivity index (χ4n) is 3.81. The first kappa shape index (κ1) is 17.2. The lowest BCUT2D eigenvalue weighted by Gasteiger charge is -2.32. The van der Waals surface area contributed by atoms with Gasteiger partial charge in [0.05, 0.1) is 24.9 Å². The smallest absolute Gasteiger partial charge is 0.203 e. The minimum atomic E-state index is -3.09. The van der Waals surface area contributed by atoms with Gasteiger partial charge < -0.3 is 14.9 Å². The van der Waals surface area contributed by atoms with Crippen LogP contribution in [0.4, 0.5) is 0 Å². The monoisotopic (exact) mass is 337 g/mol. The van der Waals surface area contributed by atoms with E-state index in [1.165, 1.54) is 24.8 Å². The van der Waals surface area contributed by atoms with E-state index in [4.69, 9.17) is 4.74 Å². The van der Waals surface area contributed by atoms with E-state index in [1.54, 1.807) is 0 Å². The van der Waals surface area contributed by atoms with Gasteiger partial charge in [-0.1, -0.05) is 49.6 Å². The third-order valence-corrected chi connectivity index (χ3v) is 7.11. The lowest BCUT2D eigenvalue weighted by atomic mass is 9.91. The van der Waals surface area contributed by atoms with Gasteiger partial charge in [-0.15, -0.1) is 0 Å². The van der Waals surface area contributed by atoms with Crippen LogP contribution in [0.3, 0.4) is 0 Å². The minimum absolute atomic E-state index is 0.144. The molecule has 1 aromatic rings. The molecule has 1 saturated heterocycles. The molecule has 128 valence electrons. The molecule has 3 rings (SSSR count). The van der Waals surface area contributed by atoms with Gasteiger partial charge >= 0.3 is 0 Å². The highest BCUT2D eigenvalue weighted by Crippen LogP contribution is 2.46. The molecule has 0 radical (unpaired) electrons. The van der Waals surface area contributed by atoms with Crippen LogP contribution in [0, 0.1) is 5.92 Å². The van der Waals surface area contributed by atoms with E-state index in [2.05, 4.69) is 17.4 Å². The normalized spacial score (nSPS) is 29.1. The second kappa shape index (κ2) is 7.94. The molecule has 2 fully saturated rings. The SMILES string of the molecule is O=P(O)(CC1CCCCC1)C[C@@H]1CN[C@@H](c2ccccc2)CO1. The summed E-state index contributed by atoms with van der Waals surface area (Å²) in [7, 11) is -3.09. The van der Waals surface area contributed by atoms with Crippen molar-refractivity contribution in [3.05, 3.63) is 35.9 Å². The molecule has 3 atom stereocenters. The zero-order valence-corrected chi connectivity index (χ0v) is 14.6. The van der Waals surface area contributed by atoms with E-state index in [0.717, 1.165) is 12.8 Å². The van der Waals surface area contributed by atoms with E-state index >= 15 is 0 Å². The van der Waals surface area contributed by atoms with Gasteiger partial charge in [0, 0.05) is 12.7 Å². The summed E-state index contributed by atoms with van der Waals surface area (Å²) in [5, 5.41) is 3.45. The lowest BCUT2D eigenvalue weighted by molar-refractivity contribution is 0.0156. The molecule has 1 unspecified atom stereocenters. The molecule has 1 aromatic carbocycles. The molecule has 1 aliphatic carbocycles. The third kappa shape index (κ3) is 5.15. The van der Waals surface area contributed by atoms with Gasteiger partial charge in [0.2, 0.25) is 7.37 Å². The van der Waals surface area contributed by atoms with Crippen molar-refractivity contribution in [2.75, 3.05) is 25.5 Å². The van der Waals surface area contributed by atoms with Crippen LogP contribution >= 0.6 is 7.37 Å². The summed E-state index contributed by atoms with van der Waals surface area (Å²) in [4.78, 5) is 10.3. The van der Waals surface area contributed by atoms with Gasteiger partial charge in [0.1, 0.15) is 0 Å². The van der Waals surface area contributed by atoms with Gasteiger partial charge in [-0.3, -0.25) is 4.57 Å². The maximum Gasteiger partial charge on any atom is 0.203 e. The maximum atomic E-state index is 12.5. The zero-order valence-electron chi connectivity index (χ0n) is 13.7. The molecule has 0 aromatic heterocycles. The number of morpholine rings is 1. The Morgan fingerprint density at radius 1 is 1.13 bits per heavy atom. The first-order valence-electron chi connectivity index (χ1n) is 8.83. The Balaban J connectivity index is 1.47. The standard InChI is InChI=1S/C18H28NO3P/c20-23(21,13-15-7-3-1-4-8-15)14-17-11-19-18(12-22-17)16-9-5-2-6-10-16/h2,5-6,9-10,15,17-19H,1,3-4,7-8,11-14H2,(H,20,21)/t17-,18+/m0/s1. The molecule has 0 amide bonds. The Morgan fingerprint density at radius 3 is 2.52 bits per heavy atom. The summed E-state index contributed by atoms with van der Waals surface area (Å²) in [6, 6.07) is 10.4.